The molecule has 0 aliphatic carbocycles. The smallest absolute Gasteiger partial charge is 0.192 e. The van der Waals surface area contributed by atoms with E-state index in [2.05, 4.69) is 54.8 Å². The van der Waals surface area contributed by atoms with Gasteiger partial charge in [-0.05, 0) is 30.3 Å². The van der Waals surface area contributed by atoms with E-state index in [9.17, 15) is 0 Å². The lowest BCUT2D eigenvalue weighted by Crippen LogP contribution is -2.40. The fraction of sp³-hybridized carbons (Fsp3) is 0.583. The molecule has 0 unspecified atom stereocenters. The second-order valence-corrected chi connectivity index (χ2v) is 11.2. The molecule has 0 bridgehead atoms. The van der Waals surface area contributed by atoms with Crippen LogP contribution in [-0.4, -0.2) is 13.3 Å². The summed E-state index contributed by atoms with van der Waals surface area (Å²) in [5.74, 6) is 0. The summed E-state index contributed by atoms with van der Waals surface area (Å²) in [6, 6.07) is 3.93. The molecule has 0 spiro atoms. The molecule has 0 radical (unpaired) electrons. The van der Waals surface area contributed by atoms with Gasteiger partial charge in [-0.15, -0.1) is 0 Å². The molecule has 0 N–H and O–H groups in total. The van der Waals surface area contributed by atoms with Gasteiger partial charge in [0.05, 0.1) is 12.3 Å². The first-order chi connectivity index (χ1) is 7.22. The van der Waals surface area contributed by atoms with Crippen molar-refractivity contribution in [3.8, 4) is 0 Å². The zero-order chi connectivity index (χ0) is 12.4. The highest BCUT2D eigenvalue weighted by Crippen LogP contribution is 2.36. The van der Waals surface area contributed by atoms with Gasteiger partial charge in [-0.3, -0.25) is 4.98 Å². The van der Waals surface area contributed by atoms with E-state index in [1.54, 1.807) is 6.20 Å². The molecule has 1 aromatic rings. The van der Waals surface area contributed by atoms with Crippen molar-refractivity contribution in [2.75, 3.05) is 0 Å². The third-order valence-electron chi connectivity index (χ3n) is 3.17. The summed E-state index contributed by atoms with van der Waals surface area (Å²) in [5.41, 5.74) is 0.985. The Hall–Kier alpha value is -0.193. The molecule has 0 saturated heterocycles. The Morgan fingerprint density at radius 3 is 2.50 bits per heavy atom. The molecule has 4 heteroatoms. The first kappa shape index (κ1) is 13.9. The number of nitrogens with zero attached hydrogens (tertiary/aromatic N) is 1. The van der Waals surface area contributed by atoms with Gasteiger partial charge in [0.25, 0.3) is 0 Å². The molecular formula is C12H20BrNOSi. The summed E-state index contributed by atoms with van der Waals surface area (Å²) in [5, 5.41) is 0.249. The van der Waals surface area contributed by atoms with E-state index in [1.165, 1.54) is 0 Å². The van der Waals surface area contributed by atoms with E-state index in [1.807, 2.05) is 12.1 Å². The Kier molecular flexibility index (Phi) is 4.32. The summed E-state index contributed by atoms with van der Waals surface area (Å²) in [7, 11) is -1.66. The molecule has 2 nitrogen and oxygen atoms in total. The van der Waals surface area contributed by atoms with Gasteiger partial charge < -0.3 is 4.43 Å². The topological polar surface area (TPSA) is 22.1 Å². The minimum atomic E-state index is -1.66. The van der Waals surface area contributed by atoms with Crippen LogP contribution < -0.4 is 0 Å². The van der Waals surface area contributed by atoms with Gasteiger partial charge in [0, 0.05) is 10.7 Å². The third kappa shape index (κ3) is 3.68. The van der Waals surface area contributed by atoms with Gasteiger partial charge >= 0.3 is 0 Å². The van der Waals surface area contributed by atoms with Crippen LogP contribution >= 0.6 is 15.9 Å². The predicted molar refractivity (Wildman–Crippen MR) is 73.9 cm³/mol. The summed E-state index contributed by atoms with van der Waals surface area (Å²) >= 11 is 3.44. The molecule has 0 aliphatic heterocycles. The second-order valence-electron chi connectivity index (χ2n) is 5.51. The van der Waals surface area contributed by atoms with Crippen molar-refractivity contribution in [1.82, 2.24) is 4.98 Å². The van der Waals surface area contributed by atoms with Crippen molar-refractivity contribution < 1.29 is 4.43 Å². The van der Waals surface area contributed by atoms with E-state index in [0.717, 1.165) is 10.2 Å². The first-order valence-corrected chi connectivity index (χ1v) is 9.17. The number of pyridine rings is 1. The van der Waals surface area contributed by atoms with Crippen molar-refractivity contribution in [3.63, 3.8) is 0 Å². The fourth-order valence-corrected chi connectivity index (χ4v) is 2.32. The fourth-order valence-electron chi connectivity index (χ4n) is 0.999. The van der Waals surface area contributed by atoms with Gasteiger partial charge in [0.15, 0.2) is 8.32 Å². The monoisotopic (exact) mass is 301 g/mol. The zero-order valence-corrected chi connectivity index (χ0v) is 13.3. The summed E-state index contributed by atoms with van der Waals surface area (Å²) in [6.07, 6.45) is 1.80. The highest BCUT2D eigenvalue weighted by Gasteiger charge is 2.37. The second kappa shape index (κ2) is 4.98. The molecule has 0 amide bonds. The number of halogens is 1. The lowest BCUT2D eigenvalue weighted by Gasteiger charge is -2.36. The third-order valence-corrected chi connectivity index (χ3v) is 8.14. The summed E-state index contributed by atoms with van der Waals surface area (Å²) in [4.78, 5) is 4.29. The zero-order valence-electron chi connectivity index (χ0n) is 10.7. The standard InChI is InChI=1S/C12H20BrNOSi/c1-12(2,3)16(4,5)15-9-11-8-10(13)6-7-14-11/h6-8H,9H2,1-5H3. The van der Waals surface area contributed by atoms with Crippen LogP contribution in [0, 0.1) is 0 Å². The SMILES string of the molecule is CC(C)(C)[Si](C)(C)OCc1cc(Br)ccn1. The minimum absolute atomic E-state index is 0.249. The van der Waals surface area contributed by atoms with Gasteiger partial charge in [-0.25, -0.2) is 0 Å². The lowest BCUT2D eigenvalue weighted by molar-refractivity contribution is 0.272. The molecule has 1 heterocycles. The van der Waals surface area contributed by atoms with Crippen LogP contribution in [0.15, 0.2) is 22.8 Å². The highest BCUT2D eigenvalue weighted by atomic mass is 79.9. The lowest BCUT2D eigenvalue weighted by atomic mass is 10.2. The van der Waals surface area contributed by atoms with Gasteiger partial charge in [0.1, 0.15) is 0 Å². The molecule has 1 rings (SSSR count). The van der Waals surface area contributed by atoms with E-state index < -0.39 is 8.32 Å². The van der Waals surface area contributed by atoms with Crippen molar-refractivity contribution in [1.29, 1.82) is 0 Å². The van der Waals surface area contributed by atoms with Gasteiger partial charge in [-0.1, -0.05) is 36.7 Å². The quantitative estimate of drug-likeness (QED) is 0.774. The van der Waals surface area contributed by atoms with Crippen LogP contribution in [0.2, 0.25) is 18.1 Å². The predicted octanol–water partition coefficient (Wildman–Crippen LogP) is 4.37. The van der Waals surface area contributed by atoms with Crippen LogP contribution in [0.5, 0.6) is 0 Å². The molecule has 1 aromatic heterocycles. The van der Waals surface area contributed by atoms with Crippen molar-refractivity contribution in [3.05, 3.63) is 28.5 Å². The normalized spacial score (nSPS) is 12.9. The molecule has 90 valence electrons. The Labute approximate surface area is 108 Å². The molecule has 0 saturated carbocycles. The molecule has 0 atom stereocenters. The minimum Gasteiger partial charge on any atom is -0.411 e. The number of aromatic nitrogens is 1. The summed E-state index contributed by atoms with van der Waals surface area (Å²) in [6.45, 7) is 11.8. The van der Waals surface area contributed by atoms with Crippen LogP contribution in [0.3, 0.4) is 0 Å². The van der Waals surface area contributed by atoms with E-state index >= 15 is 0 Å². The molecular weight excluding hydrogens is 282 g/mol. The Bertz CT molecular complexity index is 360. The van der Waals surface area contributed by atoms with Crippen LogP contribution in [0.25, 0.3) is 0 Å². The van der Waals surface area contributed by atoms with Gasteiger partial charge in [-0.2, -0.15) is 0 Å². The maximum Gasteiger partial charge on any atom is 0.192 e. The van der Waals surface area contributed by atoms with Crippen LogP contribution in [0.1, 0.15) is 26.5 Å². The molecule has 0 aliphatic rings. The van der Waals surface area contributed by atoms with E-state index in [-0.39, 0.29) is 5.04 Å². The Balaban J connectivity index is 2.65. The van der Waals surface area contributed by atoms with Crippen LogP contribution in [-0.2, 0) is 11.0 Å². The molecule has 16 heavy (non-hydrogen) atoms. The average Bonchev–Trinajstić information content (AvgIpc) is 2.13. The average molecular weight is 302 g/mol. The largest absolute Gasteiger partial charge is 0.411 e. The van der Waals surface area contributed by atoms with Gasteiger partial charge in [0.2, 0.25) is 0 Å². The van der Waals surface area contributed by atoms with E-state index in [4.69, 9.17) is 4.43 Å². The first-order valence-electron chi connectivity index (χ1n) is 5.47. The number of hydrogen-bond acceptors (Lipinski definition) is 2. The van der Waals surface area contributed by atoms with Crippen molar-refractivity contribution in [2.24, 2.45) is 0 Å². The van der Waals surface area contributed by atoms with E-state index in [0.29, 0.717) is 6.61 Å². The number of rotatable bonds is 3. The maximum atomic E-state index is 6.09. The molecule has 0 aromatic carbocycles. The Morgan fingerprint density at radius 2 is 2.00 bits per heavy atom. The Morgan fingerprint density at radius 1 is 1.38 bits per heavy atom. The van der Waals surface area contributed by atoms with Crippen molar-refractivity contribution in [2.45, 2.75) is 45.5 Å². The molecule has 0 fully saturated rings. The van der Waals surface area contributed by atoms with Crippen molar-refractivity contribution >= 4 is 24.2 Å². The summed E-state index contributed by atoms with van der Waals surface area (Å²) < 4.78 is 7.14. The highest BCUT2D eigenvalue weighted by molar-refractivity contribution is 9.10. The maximum absolute atomic E-state index is 6.09. The number of hydrogen-bond donors (Lipinski definition) is 0. The van der Waals surface area contributed by atoms with Crippen LogP contribution in [0.4, 0.5) is 0 Å².